The van der Waals surface area contributed by atoms with Crippen molar-refractivity contribution < 1.29 is 9.53 Å². The Labute approximate surface area is 87.6 Å². The van der Waals surface area contributed by atoms with Gasteiger partial charge >= 0.3 is 5.97 Å². The van der Waals surface area contributed by atoms with Crippen LogP contribution in [0.3, 0.4) is 0 Å². The van der Waals surface area contributed by atoms with Gasteiger partial charge in [-0.05, 0) is 6.08 Å². The van der Waals surface area contributed by atoms with Gasteiger partial charge in [-0.15, -0.1) is 0 Å². The Kier molecular flexibility index (Phi) is 3.63. The number of carbonyl (C=O) groups excluding carboxylic acids is 1. The van der Waals surface area contributed by atoms with E-state index in [1.54, 1.807) is 30.0 Å². The molecule has 0 radical (unpaired) electrons. The summed E-state index contributed by atoms with van der Waals surface area (Å²) in [6.45, 7) is 0. The molecule has 0 N–H and O–H groups in total. The number of aryl methyl sites for hydroxylation is 1. The van der Waals surface area contributed by atoms with Crippen molar-refractivity contribution in [3.8, 4) is 6.07 Å². The number of nitrogens with zero attached hydrogens (tertiary/aromatic N) is 3. The lowest BCUT2D eigenvalue weighted by Crippen LogP contribution is -2.08. The molecule has 0 aliphatic carbocycles. The number of esters is 1. The fourth-order valence-corrected chi connectivity index (χ4v) is 1.08. The van der Waals surface area contributed by atoms with Crippen LogP contribution < -0.4 is 0 Å². The third-order valence-electron chi connectivity index (χ3n) is 1.76. The van der Waals surface area contributed by atoms with Gasteiger partial charge in [0.1, 0.15) is 0 Å². The van der Waals surface area contributed by atoms with Crippen molar-refractivity contribution in [1.82, 2.24) is 9.55 Å². The maximum Gasteiger partial charge on any atom is 0.374 e. The molecule has 5 heteroatoms. The minimum absolute atomic E-state index is 0.245. The number of rotatable bonds is 3. The van der Waals surface area contributed by atoms with Crippen LogP contribution in [0.2, 0.25) is 0 Å². The number of nitriles is 1. The van der Waals surface area contributed by atoms with Crippen molar-refractivity contribution in [2.45, 2.75) is 6.42 Å². The first-order valence-electron chi connectivity index (χ1n) is 4.34. The van der Waals surface area contributed by atoms with Gasteiger partial charge in [-0.2, -0.15) is 5.26 Å². The normalized spacial score (nSPS) is 10.2. The highest BCUT2D eigenvalue weighted by molar-refractivity contribution is 5.85. The number of aromatic nitrogens is 2. The molecule has 0 spiro atoms. The summed E-state index contributed by atoms with van der Waals surface area (Å²) in [4.78, 5) is 15.2. The molecule has 0 unspecified atom stereocenters. The van der Waals surface area contributed by atoms with Crippen LogP contribution in [0.25, 0.3) is 6.08 Å². The molecule has 0 saturated carbocycles. The number of methoxy groups -OCH3 is 1. The zero-order valence-corrected chi connectivity index (χ0v) is 8.60. The Balaban J connectivity index is 2.87. The van der Waals surface area contributed by atoms with E-state index in [0.717, 1.165) is 0 Å². The summed E-state index contributed by atoms with van der Waals surface area (Å²) >= 11 is 0. The molecule has 78 valence electrons. The highest BCUT2D eigenvalue weighted by Crippen LogP contribution is 2.05. The van der Waals surface area contributed by atoms with E-state index >= 15 is 0 Å². The second kappa shape index (κ2) is 4.96. The van der Waals surface area contributed by atoms with E-state index in [1.165, 1.54) is 7.11 Å². The first-order chi connectivity index (χ1) is 7.19. The molecule has 0 aromatic carbocycles. The third-order valence-corrected chi connectivity index (χ3v) is 1.76. The molecule has 0 bridgehead atoms. The summed E-state index contributed by atoms with van der Waals surface area (Å²) in [5, 5.41) is 8.33. The predicted molar refractivity (Wildman–Crippen MR) is 53.8 cm³/mol. The van der Waals surface area contributed by atoms with Gasteiger partial charge in [-0.1, -0.05) is 6.08 Å². The maximum atomic E-state index is 11.2. The Morgan fingerprint density at radius 3 is 3.13 bits per heavy atom. The van der Waals surface area contributed by atoms with Crippen molar-refractivity contribution in [3.05, 3.63) is 23.8 Å². The number of allylic oxidation sites excluding steroid dienone is 1. The first-order valence-corrected chi connectivity index (χ1v) is 4.34. The SMILES string of the molecule is COC(=O)c1nc(C=CCC#N)cn1C. The number of carbonyl (C=O) groups is 1. The highest BCUT2D eigenvalue weighted by Gasteiger charge is 2.12. The Bertz CT molecular complexity index is 426. The van der Waals surface area contributed by atoms with Crippen molar-refractivity contribution in [2.24, 2.45) is 7.05 Å². The quantitative estimate of drug-likeness (QED) is 0.694. The fraction of sp³-hybridized carbons (Fsp3) is 0.300. The fourth-order valence-electron chi connectivity index (χ4n) is 1.08. The Morgan fingerprint density at radius 2 is 2.53 bits per heavy atom. The number of hydrogen-bond donors (Lipinski definition) is 0. The molecule has 5 nitrogen and oxygen atoms in total. The molecule has 0 saturated heterocycles. The van der Waals surface area contributed by atoms with Crippen LogP contribution in [0.1, 0.15) is 22.7 Å². The van der Waals surface area contributed by atoms with Gasteiger partial charge < -0.3 is 9.30 Å². The van der Waals surface area contributed by atoms with E-state index in [1.807, 2.05) is 6.07 Å². The van der Waals surface area contributed by atoms with Crippen LogP contribution in [0.4, 0.5) is 0 Å². The molecule has 1 rings (SSSR count). The second-order valence-corrected chi connectivity index (χ2v) is 2.86. The van der Waals surface area contributed by atoms with Crippen LogP contribution in [0, 0.1) is 11.3 Å². The van der Waals surface area contributed by atoms with Gasteiger partial charge in [0.05, 0.1) is 25.3 Å². The summed E-state index contributed by atoms with van der Waals surface area (Å²) in [6.07, 6.45) is 5.39. The molecule has 1 aromatic rings. The minimum Gasteiger partial charge on any atom is -0.463 e. The predicted octanol–water partition coefficient (Wildman–Crippen LogP) is 1.13. The van der Waals surface area contributed by atoms with Crippen LogP contribution in [-0.4, -0.2) is 22.6 Å². The number of hydrogen-bond acceptors (Lipinski definition) is 4. The van der Waals surface area contributed by atoms with Gasteiger partial charge in [-0.25, -0.2) is 9.78 Å². The van der Waals surface area contributed by atoms with E-state index < -0.39 is 5.97 Å². The molecule has 15 heavy (non-hydrogen) atoms. The lowest BCUT2D eigenvalue weighted by Gasteiger charge is -1.96. The lowest BCUT2D eigenvalue weighted by atomic mass is 10.3. The van der Waals surface area contributed by atoms with Gasteiger partial charge in [0.25, 0.3) is 0 Å². The average molecular weight is 205 g/mol. The molecule has 0 atom stereocenters. The Morgan fingerprint density at radius 1 is 1.80 bits per heavy atom. The van der Waals surface area contributed by atoms with Crippen LogP contribution in [-0.2, 0) is 11.8 Å². The average Bonchev–Trinajstić information content (AvgIpc) is 2.59. The van der Waals surface area contributed by atoms with Crippen LogP contribution >= 0.6 is 0 Å². The summed E-state index contributed by atoms with van der Waals surface area (Å²) in [5.41, 5.74) is 0.633. The topological polar surface area (TPSA) is 67.9 Å². The van der Waals surface area contributed by atoms with E-state index in [0.29, 0.717) is 12.1 Å². The number of imidazole rings is 1. The maximum absolute atomic E-state index is 11.2. The summed E-state index contributed by atoms with van der Waals surface area (Å²) in [5.74, 6) is -0.230. The summed E-state index contributed by atoms with van der Waals surface area (Å²) in [6, 6.07) is 1.98. The van der Waals surface area contributed by atoms with Crippen LogP contribution in [0.5, 0.6) is 0 Å². The minimum atomic E-state index is -0.475. The van der Waals surface area contributed by atoms with E-state index in [9.17, 15) is 4.79 Å². The molecule has 1 heterocycles. The monoisotopic (exact) mass is 205 g/mol. The van der Waals surface area contributed by atoms with E-state index in [-0.39, 0.29) is 5.82 Å². The molecule has 0 aliphatic rings. The van der Waals surface area contributed by atoms with Crippen molar-refractivity contribution in [1.29, 1.82) is 5.26 Å². The molecule has 0 aliphatic heterocycles. The van der Waals surface area contributed by atoms with Crippen LogP contribution in [0.15, 0.2) is 12.3 Å². The van der Waals surface area contributed by atoms with E-state index in [2.05, 4.69) is 9.72 Å². The van der Waals surface area contributed by atoms with E-state index in [4.69, 9.17) is 5.26 Å². The first kappa shape index (κ1) is 11.0. The van der Waals surface area contributed by atoms with Gasteiger partial charge in [-0.3, -0.25) is 0 Å². The largest absolute Gasteiger partial charge is 0.463 e. The standard InChI is InChI=1S/C10H11N3O2/c1-13-7-8(5-3-4-6-11)12-9(13)10(14)15-2/h3,5,7H,4H2,1-2H3. The highest BCUT2D eigenvalue weighted by atomic mass is 16.5. The number of ether oxygens (including phenoxy) is 1. The second-order valence-electron chi connectivity index (χ2n) is 2.86. The molecule has 0 amide bonds. The smallest absolute Gasteiger partial charge is 0.374 e. The van der Waals surface area contributed by atoms with Crippen molar-refractivity contribution in [3.63, 3.8) is 0 Å². The Hall–Kier alpha value is -2.09. The zero-order valence-electron chi connectivity index (χ0n) is 8.60. The van der Waals surface area contributed by atoms with Gasteiger partial charge in [0.2, 0.25) is 5.82 Å². The molecular formula is C10H11N3O2. The van der Waals surface area contributed by atoms with Crippen molar-refractivity contribution >= 4 is 12.0 Å². The molecule has 1 aromatic heterocycles. The third kappa shape index (κ3) is 2.68. The molecule has 0 fully saturated rings. The summed E-state index contributed by atoms with van der Waals surface area (Å²) in [7, 11) is 3.02. The van der Waals surface area contributed by atoms with Gasteiger partial charge in [0, 0.05) is 13.2 Å². The lowest BCUT2D eigenvalue weighted by molar-refractivity contribution is 0.0583. The molecular weight excluding hydrogens is 194 g/mol. The zero-order chi connectivity index (χ0) is 11.3. The summed E-state index contributed by atoms with van der Waals surface area (Å²) < 4.78 is 6.14. The van der Waals surface area contributed by atoms with Gasteiger partial charge in [0.15, 0.2) is 0 Å². The van der Waals surface area contributed by atoms with Crippen molar-refractivity contribution in [2.75, 3.05) is 7.11 Å².